The molecule has 2 aliphatic heterocycles. The number of aliphatic hydroxyl groups excluding tert-OH is 2. The summed E-state index contributed by atoms with van der Waals surface area (Å²) in [6, 6.07) is 0.471. The normalized spacial score (nSPS) is 23.6. The van der Waals surface area contributed by atoms with Crippen molar-refractivity contribution in [3.8, 4) is 17.0 Å². The van der Waals surface area contributed by atoms with Gasteiger partial charge in [-0.25, -0.2) is 32.2 Å². The quantitative estimate of drug-likeness (QED) is 0.393. The molecular weight excluding hydrogens is 470 g/mol. The van der Waals surface area contributed by atoms with E-state index < -0.39 is 29.9 Å². The highest BCUT2D eigenvalue weighted by atomic mass is 32.2. The Kier molecular flexibility index (Phi) is 5.96. The fourth-order valence-corrected chi connectivity index (χ4v) is 4.94. The van der Waals surface area contributed by atoms with Crippen molar-refractivity contribution in [2.45, 2.75) is 44.6 Å². The summed E-state index contributed by atoms with van der Waals surface area (Å²) in [6.07, 6.45) is -0.323. The number of anilines is 1. The van der Waals surface area contributed by atoms with Gasteiger partial charge in [0, 0.05) is 13.1 Å². The molecule has 0 amide bonds. The number of halogens is 2. The van der Waals surface area contributed by atoms with Gasteiger partial charge in [-0.1, -0.05) is 0 Å². The first kappa shape index (κ1) is 23.0. The lowest BCUT2D eigenvalue weighted by Gasteiger charge is -2.33. The third kappa shape index (κ3) is 3.82. The van der Waals surface area contributed by atoms with Crippen LogP contribution in [0.1, 0.15) is 38.2 Å². The van der Waals surface area contributed by atoms with E-state index in [1.54, 1.807) is 15.8 Å². The molecule has 182 valence electrons. The van der Waals surface area contributed by atoms with E-state index in [0.29, 0.717) is 24.3 Å². The van der Waals surface area contributed by atoms with Crippen LogP contribution < -0.4 is 10.1 Å². The molecule has 0 aliphatic carbocycles. The van der Waals surface area contributed by atoms with Gasteiger partial charge in [-0.15, -0.1) is 0 Å². The summed E-state index contributed by atoms with van der Waals surface area (Å²) in [5.74, 6) is -0.889. The average Bonchev–Trinajstić information content (AvgIpc) is 3.23. The highest BCUT2D eigenvalue weighted by Gasteiger charge is 2.32. The van der Waals surface area contributed by atoms with Crippen LogP contribution in [0.25, 0.3) is 22.3 Å². The molecule has 1 saturated heterocycles. The van der Waals surface area contributed by atoms with Crippen molar-refractivity contribution in [2.75, 3.05) is 25.0 Å². The van der Waals surface area contributed by atoms with Gasteiger partial charge in [0.05, 0.1) is 41.8 Å². The maximum atomic E-state index is 15.1. The fourth-order valence-electron chi connectivity index (χ4n) is 4.51. The van der Waals surface area contributed by atoms with E-state index in [4.69, 9.17) is 4.74 Å². The van der Waals surface area contributed by atoms with Crippen LogP contribution >= 0.6 is 0 Å². The number of aliphatic hydroxyl groups is 2. The molecule has 3 aromatic rings. The van der Waals surface area contributed by atoms with Crippen LogP contribution in [-0.4, -0.2) is 70.1 Å². The Balaban J connectivity index is 1.58. The topological polar surface area (TPSA) is 126 Å². The zero-order chi connectivity index (χ0) is 24.1. The zero-order valence-corrected chi connectivity index (χ0v) is 19.3. The van der Waals surface area contributed by atoms with Crippen LogP contribution in [0, 0.1) is 11.6 Å². The first-order chi connectivity index (χ1) is 16.3. The van der Waals surface area contributed by atoms with E-state index in [2.05, 4.69) is 20.3 Å². The maximum Gasteiger partial charge on any atom is 0.223 e. The predicted octanol–water partition coefficient (Wildman–Crippen LogP) is 1.49. The molecule has 0 radical (unpaired) electrons. The smallest absolute Gasteiger partial charge is 0.223 e. The first-order valence-electron chi connectivity index (χ1n) is 10.9. The molecule has 2 aliphatic rings. The molecule has 34 heavy (non-hydrogen) atoms. The molecule has 0 saturated carbocycles. The molecule has 13 heteroatoms. The predicted molar refractivity (Wildman–Crippen MR) is 121 cm³/mol. The van der Waals surface area contributed by atoms with Crippen molar-refractivity contribution in [1.82, 2.24) is 23.8 Å². The molecule has 10 nitrogen and oxygen atoms in total. The van der Waals surface area contributed by atoms with Crippen LogP contribution in [0.15, 0.2) is 12.3 Å². The summed E-state index contributed by atoms with van der Waals surface area (Å²) in [5, 5.41) is 23.5. The summed E-state index contributed by atoms with van der Waals surface area (Å²) >= 11 is -0.160. The van der Waals surface area contributed by atoms with E-state index in [9.17, 15) is 18.8 Å². The van der Waals surface area contributed by atoms with Gasteiger partial charge in [-0.2, -0.15) is 0 Å². The van der Waals surface area contributed by atoms with Gasteiger partial charge >= 0.3 is 0 Å². The van der Waals surface area contributed by atoms with Gasteiger partial charge in [0.15, 0.2) is 17.4 Å². The molecule has 1 fully saturated rings. The number of nitrogens with zero attached hydrogens (tertiary/aromatic N) is 5. The number of aromatic nitrogens is 4. The number of ether oxygens (including phenoxy) is 1. The molecule has 3 N–H and O–H groups in total. The number of hydrogen-bond acceptors (Lipinski definition) is 8. The van der Waals surface area contributed by atoms with Crippen molar-refractivity contribution in [3.63, 3.8) is 0 Å². The Bertz CT molecular complexity index is 1270. The third-order valence-electron chi connectivity index (χ3n) is 6.17. The fraction of sp³-hybridized carbons (Fsp3) is 0.476. The molecular formula is C21H24F2N6O4S. The minimum Gasteiger partial charge on any atom is -0.488 e. The van der Waals surface area contributed by atoms with E-state index in [0.717, 1.165) is 12.3 Å². The first-order valence-corrected chi connectivity index (χ1v) is 11.7. The van der Waals surface area contributed by atoms with Crippen molar-refractivity contribution < 1.29 is 27.9 Å². The summed E-state index contributed by atoms with van der Waals surface area (Å²) in [7, 11) is 0. The van der Waals surface area contributed by atoms with Crippen molar-refractivity contribution in [1.29, 1.82) is 0 Å². The largest absolute Gasteiger partial charge is 0.488 e. The number of benzene rings is 1. The number of thiol groups is 1. The minimum atomic E-state index is -0.936. The lowest BCUT2D eigenvalue weighted by atomic mass is 10.0. The molecule has 4 heterocycles. The molecule has 5 rings (SSSR count). The number of imidazole rings is 1. The highest BCUT2D eigenvalue weighted by Crippen LogP contribution is 2.43. The van der Waals surface area contributed by atoms with E-state index >= 15 is 4.39 Å². The number of hydrogen-bond donors (Lipinski definition) is 4. The SMILES string of the molecule is C[C@@H]1COc2c(-c3nc(N[C@@H]4CCN([SH]=O)C[C@H]4O)ncc3F)cc(F)c3nc([C@@H](C)O)n1c23. The molecule has 0 unspecified atom stereocenters. The van der Waals surface area contributed by atoms with Crippen molar-refractivity contribution in [2.24, 2.45) is 0 Å². The zero-order valence-electron chi connectivity index (χ0n) is 18.4. The standard InChI is InChI=1S/C21H24F2N6O4S/c1-9-8-33-19-11(5-12(22)17-18(19)29(9)20(26-17)10(2)30)16-13(23)6-24-21(27-16)25-14-3-4-28(34-32)7-15(14)31/h5-6,9-10,14-15,30-31,34H,3-4,7-8H2,1-2H3,(H,24,25,27)/t9-,10-,14-,15-/m1/s1. The van der Waals surface area contributed by atoms with Gasteiger partial charge in [0.1, 0.15) is 35.3 Å². The van der Waals surface area contributed by atoms with Crippen molar-refractivity contribution in [3.05, 3.63) is 29.7 Å². The van der Waals surface area contributed by atoms with E-state index in [-0.39, 0.29) is 59.5 Å². The second-order valence-corrected chi connectivity index (χ2v) is 9.33. The van der Waals surface area contributed by atoms with Crippen molar-refractivity contribution >= 4 is 28.8 Å². The van der Waals surface area contributed by atoms with E-state index in [1.165, 1.54) is 0 Å². The molecule has 1 aromatic carbocycles. The Morgan fingerprint density at radius 2 is 2.12 bits per heavy atom. The molecule has 2 aromatic heterocycles. The Labute approximate surface area is 197 Å². The summed E-state index contributed by atoms with van der Waals surface area (Å²) in [6.45, 7) is 4.31. The lowest BCUT2D eigenvalue weighted by molar-refractivity contribution is 0.0980. The van der Waals surface area contributed by atoms with Gasteiger partial charge in [0.2, 0.25) is 5.95 Å². The summed E-state index contributed by atoms with van der Waals surface area (Å²) < 4.78 is 50.2. The van der Waals surface area contributed by atoms with Crippen LogP contribution in [0.5, 0.6) is 5.75 Å². The van der Waals surface area contributed by atoms with Crippen LogP contribution in [-0.2, 0) is 11.9 Å². The molecule has 4 atom stereocenters. The van der Waals surface area contributed by atoms with Gasteiger partial charge in [0.25, 0.3) is 0 Å². The van der Waals surface area contributed by atoms with Gasteiger partial charge in [-0.05, 0) is 26.3 Å². The number of nitrogens with one attached hydrogen (secondary N) is 1. The molecule has 0 bridgehead atoms. The summed E-state index contributed by atoms with van der Waals surface area (Å²) in [4.78, 5) is 12.5. The number of β-amino-alcohol motifs (C(OH)–C–C–N with tert-alkyl or cyclic N) is 1. The second-order valence-electron chi connectivity index (χ2n) is 8.60. The maximum absolute atomic E-state index is 15.1. The third-order valence-corrected chi connectivity index (χ3v) is 6.76. The summed E-state index contributed by atoms with van der Waals surface area (Å²) in [5.41, 5.74) is 0.288. The Morgan fingerprint density at radius 3 is 2.82 bits per heavy atom. The molecule has 0 spiro atoms. The lowest BCUT2D eigenvalue weighted by Crippen LogP contribution is -2.48. The Hall–Kier alpha value is -2.74. The monoisotopic (exact) mass is 494 g/mol. The van der Waals surface area contributed by atoms with Gasteiger partial charge in [-0.3, -0.25) is 0 Å². The average molecular weight is 495 g/mol. The van der Waals surface area contributed by atoms with E-state index in [1.807, 2.05) is 6.92 Å². The highest BCUT2D eigenvalue weighted by molar-refractivity contribution is 7.63. The van der Waals surface area contributed by atoms with Crippen LogP contribution in [0.4, 0.5) is 14.7 Å². The van der Waals surface area contributed by atoms with Crippen LogP contribution in [0.2, 0.25) is 0 Å². The number of piperidine rings is 1. The van der Waals surface area contributed by atoms with Crippen LogP contribution in [0.3, 0.4) is 0 Å². The second kappa shape index (κ2) is 8.80. The Morgan fingerprint density at radius 1 is 1.32 bits per heavy atom. The van der Waals surface area contributed by atoms with Gasteiger partial charge < -0.3 is 24.8 Å². The minimum absolute atomic E-state index is 0.0292. The number of rotatable bonds is 5.